The lowest BCUT2D eigenvalue weighted by atomic mass is 10.1. The van der Waals surface area contributed by atoms with E-state index in [1.165, 1.54) is 18.1 Å². The molecule has 0 spiro atoms. The van der Waals surface area contributed by atoms with Gasteiger partial charge in [0.1, 0.15) is 10.6 Å². The van der Waals surface area contributed by atoms with Crippen LogP contribution in [0.15, 0.2) is 33.7 Å². The van der Waals surface area contributed by atoms with E-state index in [2.05, 4.69) is 46.0 Å². The monoisotopic (exact) mass is 420 g/mol. The van der Waals surface area contributed by atoms with Crippen LogP contribution < -0.4 is 4.72 Å². The van der Waals surface area contributed by atoms with E-state index < -0.39 is 16.1 Å². The molecule has 0 saturated carbocycles. The molecule has 9 heteroatoms. The van der Waals surface area contributed by atoms with E-state index in [4.69, 9.17) is 4.52 Å². The first-order chi connectivity index (χ1) is 13.7. The van der Waals surface area contributed by atoms with Crippen LogP contribution in [0.4, 0.5) is 0 Å². The molecule has 29 heavy (non-hydrogen) atoms. The Morgan fingerprint density at radius 3 is 2.48 bits per heavy atom. The summed E-state index contributed by atoms with van der Waals surface area (Å²) < 4.78 is 32.7. The van der Waals surface area contributed by atoms with Gasteiger partial charge in [-0.1, -0.05) is 35.0 Å². The van der Waals surface area contributed by atoms with Crippen LogP contribution in [0.2, 0.25) is 0 Å². The van der Waals surface area contributed by atoms with Crippen molar-refractivity contribution >= 4 is 15.9 Å². The molecule has 1 atom stereocenters. The minimum Gasteiger partial charge on any atom is -0.360 e. The lowest BCUT2D eigenvalue weighted by Crippen LogP contribution is -2.53. The predicted molar refractivity (Wildman–Crippen MR) is 109 cm³/mol. The molecule has 3 rings (SSSR count). The van der Waals surface area contributed by atoms with Crippen molar-refractivity contribution in [3.63, 3.8) is 0 Å². The van der Waals surface area contributed by atoms with Gasteiger partial charge in [-0.3, -0.25) is 9.69 Å². The molecule has 0 aliphatic carbocycles. The zero-order chi connectivity index (χ0) is 21.2. The van der Waals surface area contributed by atoms with E-state index >= 15 is 0 Å². The Morgan fingerprint density at radius 2 is 1.90 bits per heavy atom. The molecular formula is C20H28N4O4S. The number of hydrogen-bond donors (Lipinski definition) is 1. The molecule has 2 aromatic rings. The van der Waals surface area contributed by atoms with Gasteiger partial charge in [-0.15, -0.1) is 0 Å². The molecule has 0 unspecified atom stereocenters. The molecule has 8 nitrogen and oxygen atoms in total. The Morgan fingerprint density at radius 1 is 1.21 bits per heavy atom. The number of sulfonamides is 1. The lowest BCUT2D eigenvalue weighted by molar-refractivity contribution is -0.134. The smallest absolute Gasteiger partial charge is 0.246 e. The molecule has 1 saturated heterocycles. The van der Waals surface area contributed by atoms with Gasteiger partial charge >= 0.3 is 0 Å². The quantitative estimate of drug-likeness (QED) is 0.763. The Balaban J connectivity index is 1.56. The van der Waals surface area contributed by atoms with Gasteiger partial charge in [-0.05, 0) is 33.3 Å². The van der Waals surface area contributed by atoms with Gasteiger partial charge in [-0.25, -0.2) is 8.42 Å². The van der Waals surface area contributed by atoms with Gasteiger partial charge in [0.25, 0.3) is 0 Å². The van der Waals surface area contributed by atoms with Crippen molar-refractivity contribution in [2.24, 2.45) is 0 Å². The first-order valence-electron chi connectivity index (χ1n) is 9.69. The van der Waals surface area contributed by atoms with Crippen LogP contribution in [0.1, 0.15) is 29.5 Å². The zero-order valence-corrected chi connectivity index (χ0v) is 18.1. The van der Waals surface area contributed by atoms with Crippen molar-refractivity contribution in [1.29, 1.82) is 0 Å². The summed E-state index contributed by atoms with van der Waals surface area (Å²) in [7, 11) is -3.88. The number of rotatable bonds is 6. The van der Waals surface area contributed by atoms with Crippen LogP contribution in [-0.4, -0.2) is 61.5 Å². The molecule has 1 amide bonds. The molecule has 1 aliphatic heterocycles. The fraction of sp³-hybridized carbons (Fsp3) is 0.500. The second-order valence-electron chi connectivity index (χ2n) is 7.59. The maximum Gasteiger partial charge on any atom is 0.246 e. The molecule has 1 fully saturated rings. The Kier molecular flexibility index (Phi) is 6.40. The second kappa shape index (κ2) is 8.64. The third-order valence-corrected chi connectivity index (χ3v) is 6.90. The first-order valence-corrected chi connectivity index (χ1v) is 11.2. The molecule has 2 heterocycles. The Hall–Kier alpha value is -2.23. The van der Waals surface area contributed by atoms with Crippen molar-refractivity contribution in [3.8, 4) is 0 Å². The van der Waals surface area contributed by atoms with E-state index in [-0.39, 0.29) is 22.3 Å². The summed E-state index contributed by atoms with van der Waals surface area (Å²) in [6, 6.07) is 7.54. The summed E-state index contributed by atoms with van der Waals surface area (Å²) in [6.45, 7) is 10.2. The summed E-state index contributed by atoms with van der Waals surface area (Å²) >= 11 is 0. The number of aryl methyl sites for hydroxylation is 3. The van der Waals surface area contributed by atoms with E-state index in [9.17, 15) is 13.2 Å². The van der Waals surface area contributed by atoms with Crippen LogP contribution in [0.25, 0.3) is 0 Å². The molecule has 158 valence electrons. The number of nitrogens with zero attached hydrogens (tertiary/aromatic N) is 3. The molecule has 1 aromatic carbocycles. The van der Waals surface area contributed by atoms with Gasteiger partial charge in [0, 0.05) is 32.7 Å². The average molecular weight is 421 g/mol. The highest BCUT2D eigenvalue weighted by Gasteiger charge is 2.31. The van der Waals surface area contributed by atoms with Gasteiger partial charge in [0.2, 0.25) is 15.9 Å². The van der Waals surface area contributed by atoms with E-state index in [1.807, 2.05) is 0 Å². The molecular weight excluding hydrogens is 392 g/mol. The molecule has 1 aliphatic rings. The van der Waals surface area contributed by atoms with Gasteiger partial charge in [0.05, 0.1) is 6.04 Å². The van der Waals surface area contributed by atoms with Crippen LogP contribution in [0.5, 0.6) is 0 Å². The predicted octanol–water partition coefficient (Wildman–Crippen LogP) is 1.61. The van der Waals surface area contributed by atoms with Crippen molar-refractivity contribution in [1.82, 2.24) is 19.7 Å². The highest BCUT2D eigenvalue weighted by molar-refractivity contribution is 7.89. The van der Waals surface area contributed by atoms with Gasteiger partial charge in [0.15, 0.2) is 5.76 Å². The maximum atomic E-state index is 12.8. The first kappa shape index (κ1) is 21.5. The number of hydrogen-bond acceptors (Lipinski definition) is 6. The summed E-state index contributed by atoms with van der Waals surface area (Å²) in [6.07, 6.45) is 0. The van der Waals surface area contributed by atoms with E-state index in [1.54, 1.807) is 18.7 Å². The van der Waals surface area contributed by atoms with E-state index in [0.29, 0.717) is 13.1 Å². The maximum absolute atomic E-state index is 12.8. The number of aromatic nitrogens is 1. The standard InChI is InChI=1S/C20H28N4O4S/c1-14-6-5-7-18(12-14)13-23-8-10-24(11-9-23)20(25)16(3)22-29(26,27)19-15(2)21-28-17(19)4/h5-7,12,16,22H,8-11,13H2,1-4H3/t16-/m0/s1. The Labute approximate surface area is 171 Å². The van der Waals surface area contributed by atoms with Crippen molar-refractivity contribution in [2.45, 2.75) is 45.2 Å². The highest BCUT2D eigenvalue weighted by atomic mass is 32.2. The third-order valence-electron chi connectivity index (χ3n) is 5.11. The fourth-order valence-electron chi connectivity index (χ4n) is 3.67. The lowest BCUT2D eigenvalue weighted by Gasteiger charge is -2.36. The van der Waals surface area contributed by atoms with Gasteiger partial charge in [-0.2, -0.15) is 4.72 Å². The molecule has 1 N–H and O–H groups in total. The normalized spacial score (nSPS) is 16.8. The van der Waals surface area contributed by atoms with Crippen LogP contribution >= 0.6 is 0 Å². The second-order valence-corrected chi connectivity index (χ2v) is 9.24. The molecule has 0 bridgehead atoms. The SMILES string of the molecule is Cc1cccc(CN2CCN(C(=O)[C@H](C)NS(=O)(=O)c3c(C)noc3C)CC2)c1. The average Bonchev–Trinajstić information content (AvgIpc) is 3.00. The van der Waals surface area contributed by atoms with E-state index in [0.717, 1.165) is 19.6 Å². The summed E-state index contributed by atoms with van der Waals surface area (Å²) in [5.74, 6) is -0.0186. The number of amides is 1. The van der Waals surface area contributed by atoms with Crippen molar-refractivity contribution in [3.05, 3.63) is 46.8 Å². The number of carbonyl (C=O) groups is 1. The highest BCUT2D eigenvalue weighted by Crippen LogP contribution is 2.19. The minimum atomic E-state index is -3.88. The molecule has 1 aromatic heterocycles. The molecule has 0 radical (unpaired) electrons. The minimum absolute atomic E-state index is 0.000115. The number of carbonyl (C=O) groups excluding carboxylic acids is 1. The number of benzene rings is 1. The van der Waals surface area contributed by atoms with Crippen molar-refractivity contribution < 1.29 is 17.7 Å². The van der Waals surface area contributed by atoms with Crippen molar-refractivity contribution in [2.75, 3.05) is 26.2 Å². The van der Waals surface area contributed by atoms with Crippen LogP contribution in [0.3, 0.4) is 0 Å². The Bertz CT molecular complexity index is 959. The number of piperazine rings is 1. The van der Waals surface area contributed by atoms with Crippen LogP contribution in [-0.2, 0) is 21.4 Å². The summed E-state index contributed by atoms with van der Waals surface area (Å²) in [4.78, 5) is 16.8. The largest absolute Gasteiger partial charge is 0.360 e. The fourth-order valence-corrected chi connectivity index (χ4v) is 5.20. The van der Waals surface area contributed by atoms with Gasteiger partial charge < -0.3 is 9.42 Å². The van der Waals surface area contributed by atoms with Crippen LogP contribution in [0, 0.1) is 20.8 Å². The third kappa shape index (κ3) is 5.04. The summed E-state index contributed by atoms with van der Waals surface area (Å²) in [5, 5.41) is 3.68. The topological polar surface area (TPSA) is 95.8 Å². The number of nitrogens with one attached hydrogen (secondary N) is 1. The summed E-state index contributed by atoms with van der Waals surface area (Å²) in [5.41, 5.74) is 2.76. The zero-order valence-electron chi connectivity index (χ0n) is 17.3.